The number of ether oxygens (including phenoxy) is 1. The van der Waals surface area contributed by atoms with Gasteiger partial charge in [-0.05, 0) is 24.3 Å². The molecule has 0 saturated heterocycles. The Labute approximate surface area is 107 Å². The lowest BCUT2D eigenvalue weighted by molar-refractivity contribution is -0.135. The third kappa shape index (κ3) is 2.86. The van der Waals surface area contributed by atoms with E-state index in [0.717, 1.165) is 6.07 Å². The molecule has 0 aliphatic rings. The van der Waals surface area contributed by atoms with Crippen LogP contribution < -0.4 is 4.74 Å². The fraction of sp³-hybridized carbons (Fsp3) is 0.143. The molecule has 0 saturated carbocycles. The van der Waals surface area contributed by atoms with Gasteiger partial charge >= 0.3 is 12.3 Å². The van der Waals surface area contributed by atoms with Crippen LogP contribution in [0.4, 0.5) is 17.6 Å². The van der Waals surface area contributed by atoms with Gasteiger partial charge in [0.15, 0.2) is 0 Å². The normalized spacial score (nSPS) is 11.6. The molecule has 0 bridgehead atoms. The highest BCUT2D eigenvalue weighted by Gasteiger charge is 2.44. The van der Waals surface area contributed by atoms with E-state index in [4.69, 9.17) is 4.74 Å². The molecule has 0 spiro atoms. The Morgan fingerprint density at radius 2 is 1.42 bits per heavy atom. The molecular weight excluding hydrogens is 260 g/mol. The number of benzene rings is 2. The maximum atomic E-state index is 13.4. The van der Waals surface area contributed by atoms with Crippen molar-refractivity contribution >= 4 is 0 Å². The van der Waals surface area contributed by atoms with Crippen molar-refractivity contribution in [3.8, 4) is 11.5 Å². The minimum absolute atomic E-state index is 0.279. The van der Waals surface area contributed by atoms with Gasteiger partial charge < -0.3 is 4.74 Å². The van der Waals surface area contributed by atoms with Crippen LogP contribution in [0.3, 0.4) is 0 Å². The lowest BCUT2D eigenvalue weighted by atomic mass is 10.1. The van der Waals surface area contributed by atoms with E-state index in [1.54, 1.807) is 30.3 Å². The SMILES string of the molecule is FC(F)C(F)(F)c1ccccc1Oc1ccccc1. The molecule has 0 radical (unpaired) electrons. The first-order valence-electron chi connectivity index (χ1n) is 5.50. The molecule has 5 heteroatoms. The Balaban J connectivity index is 2.37. The Morgan fingerprint density at radius 3 is 2.05 bits per heavy atom. The molecule has 0 amide bonds. The van der Waals surface area contributed by atoms with Gasteiger partial charge in [0.05, 0.1) is 5.56 Å². The second-order valence-corrected chi connectivity index (χ2v) is 3.83. The molecule has 1 nitrogen and oxygen atoms in total. The van der Waals surface area contributed by atoms with Crippen molar-refractivity contribution in [3.63, 3.8) is 0 Å². The zero-order chi connectivity index (χ0) is 13.9. The van der Waals surface area contributed by atoms with Gasteiger partial charge in [0.25, 0.3) is 0 Å². The van der Waals surface area contributed by atoms with E-state index in [2.05, 4.69) is 0 Å². The summed E-state index contributed by atoms with van der Waals surface area (Å²) in [5.74, 6) is -4.22. The predicted molar refractivity (Wildman–Crippen MR) is 62.9 cm³/mol. The van der Waals surface area contributed by atoms with E-state index in [-0.39, 0.29) is 5.75 Å². The van der Waals surface area contributed by atoms with Crippen molar-refractivity contribution in [2.75, 3.05) is 0 Å². The van der Waals surface area contributed by atoms with E-state index in [9.17, 15) is 17.6 Å². The minimum atomic E-state index is -4.24. The van der Waals surface area contributed by atoms with Gasteiger partial charge in [-0.25, -0.2) is 8.78 Å². The number of hydrogen-bond donors (Lipinski definition) is 0. The van der Waals surface area contributed by atoms with Crippen LogP contribution in [0.5, 0.6) is 11.5 Å². The van der Waals surface area contributed by atoms with E-state index in [1.165, 1.54) is 18.2 Å². The van der Waals surface area contributed by atoms with Crippen LogP contribution in [-0.2, 0) is 5.92 Å². The summed E-state index contributed by atoms with van der Waals surface area (Å²) < 4.78 is 56.9. The van der Waals surface area contributed by atoms with Crippen LogP contribution >= 0.6 is 0 Å². The molecule has 0 fully saturated rings. The van der Waals surface area contributed by atoms with Gasteiger partial charge in [-0.3, -0.25) is 0 Å². The average molecular weight is 270 g/mol. The molecule has 0 unspecified atom stereocenters. The molecule has 2 aromatic rings. The molecular formula is C14H10F4O. The number of rotatable bonds is 4. The summed E-state index contributed by atoms with van der Waals surface area (Å²) in [5.41, 5.74) is -0.825. The van der Waals surface area contributed by atoms with E-state index < -0.39 is 17.9 Å². The van der Waals surface area contributed by atoms with Crippen molar-refractivity contribution in [1.82, 2.24) is 0 Å². The second-order valence-electron chi connectivity index (χ2n) is 3.83. The maximum Gasteiger partial charge on any atom is 0.336 e. The summed E-state index contributed by atoms with van der Waals surface area (Å²) in [4.78, 5) is 0. The van der Waals surface area contributed by atoms with Gasteiger partial charge in [0.1, 0.15) is 11.5 Å². The maximum absolute atomic E-state index is 13.4. The molecule has 100 valence electrons. The lowest BCUT2D eigenvalue weighted by Crippen LogP contribution is -2.24. The van der Waals surface area contributed by atoms with Crippen molar-refractivity contribution in [1.29, 1.82) is 0 Å². The van der Waals surface area contributed by atoms with Crippen LogP contribution in [0.25, 0.3) is 0 Å². The van der Waals surface area contributed by atoms with Gasteiger partial charge in [0, 0.05) is 0 Å². The van der Waals surface area contributed by atoms with Gasteiger partial charge in [-0.2, -0.15) is 8.78 Å². The molecule has 2 rings (SSSR count). The topological polar surface area (TPSA) is 9.23 Å². The van der Waals surface area contributed by atoms with Gasteiger partial charge in [-0.1, -0.05) is 30.3 Å². The molecule has 0 N–H and O–H groups in total. The molecule has 19 heavy (non-hydrogen) atoms. The number of hydrogen-bond acceptors (Lipinski definition) is 1. The van der Waals surface area contributed by atoms with E-state index in [1.807, 2.05) is 0 Å². The first-order chi connectivity index (χ1) is 9.01. The third-order valence-electron chi connectivity index (χ3n) is 2.49. The first-order valence-corrected chi connectivity index (χ1v) is 5.50. The fourth-order valence-electron chi connectivity index (χ4n) is 1.56. The Hall–Kier alpha value is -2.04. The Bertz CT molecular complexity index is 540. The quantitative estimate of drug-likeness (QED) is 0.722. The lowest BCUT2D eigenvalue weighted by Gasteiger charge is -2.19. The largest absolute Gasteiger partial charge is 0.457 e. The zero-order valence-corrected chi connectivity index (χ0v) is 9.69. The highest BCUT2D eigenvalue weighted by atomic mass is 19.3. The highest BCUT2D eigenvalue weighted by Crippen LogP contribution is 2.40. The molecule has 2 aromatic carbocycles. The number of alkyl halides is 4. The van der Waals surface area contributed by atoms with Crippen molar-refractivity contribution in [3.05, 3.63) is 60.2 Å². The standard InChI is InChI=1S/C14H10F4O/c15-13(16)14(17,18)11-8-4-5-9-12(11)19-10-6-2-1-3-7-10/h1-9,13H. The zero-order valence-electron chi connectivity index (χ0n) is 9.69. The second kappa shape index (κ2) is 5.30. The molecule has 0 atom stereocenters. The molecule has 0 aliphatic heterocycles. The van der Waals surface area contributed by atoms with E-state index in [0.29, 0.717) is 5.75 Å². The smallest absolute Gasteiger partial charge is 0.336 e. The summed E-state index contributed by atoms with van der Waals surface area (Å²) in [6.07, 6.45) is -3.78. The summed E-state index contributed by atoms with van der Waals surface area (Å²) >= 11 is 0. The van der Waals surface area contributed by atoms with Crippen LogP contribution in [0.1, 0.15) is 5.56 Å². The van der Waals surface area contributed by atoms with Crippen LogP contribution in [0, 0.1) is 0 Å². The van der Waals surface area contributed by atoms with Gasteiger partial charge in [-0.15, -0.1) is 0 Å². The van der Waals surface area contributed by atoms with Crippen LogP contribution in [0.2, 0.25) is 0 Å². The third-order valence-corrected chi connectivity index (χ3v) is 2.49. The summed E-state index contributed by atoms with van der Waals surface area (Å²) in [5, 5.41) is 0. The molecule has 0 aromatic heterocycles. The Kier molecular flexibility index (Phi) is 3.74. The van der Waals surface area contributed by atoms with E-state index >= 15 is 0 Å². The first kappa shape index (κ1) is 13.4. The minimum Gasteiger partial charge on any atom is -0.457 e. The monoisotopic (exact) mass is 270 g/mol. The summed E-state index contributed by atoms with van der Waals surface area (Å²) in [6.45, 7) is 0. The molecule has 0 aliphatic carbocycles. The summed E-state index contributed by atoms with van der Waals surface area (Å²) in [7, 11) is 0. The fourth-order valence-corrected chi connectivity index (χ4v) is 1.56. The predicted octanol–water partition coefficient (Wildman–Crippen LogP) is 4.84. The highest BCUT2D eigenvalue weighted by molar-refractivity contribution is 5.40. The Morgan fingerprint density at radius 1 is 0.842 bits per heavy atom. The van der Waals surface area contributed by atoms with Crippen molar-refractivity contribution in [2.45, 2.75) is 12.3 Å². The van der Waals surface area contributed by atoms with Crippen LogP contribution in [0.15, 0.2) is 54.6 Å². The number of halogens is 4. The number of para-hydroxylation sites is 2. The van der Waals surface area contributed by atoms with Crippen molar-refractivity contribution in [2.24, 2.45) is 0 Å². The van der Waals surface area contributed by atoms with Crippen LogP contribution in [-0.4, -0.2) is 6.43 Å². The average Bonchev–Trinajstić information content (AvgIpc) is 2.40. The van der Waals surface area contributed by atoms with Crippen molar-refractivity contribution < 1.29 is 22.3 Å². The molecule has 0 heterocycles. The summed E-state index contributed by atoms with van der Waals surface area (Å²) in [6, 6.07) is 13.0. The van der Waals surface area contributed by atoms with Gasteiger partial charge in [0.2, 0.25) is 0 Å².